The van der Waals surface area contributed by atoms with Crippen molar-refractivity contribution in [2.45, 2.75) is 52.2 Å². The fourth-order valence-corrected chi connectivity index (χ4v) is 4.53. The molecular formula is C24H30Cl2FN3O4S. The number of rotatable bonds is 11. The number of amides is 2. The topological polar surface area (TPSA) is 86.8 Å². The number of carbonyl (C=O) groups is 2. The number of benzene rings is 2. The lowest BCUT2D eigenvalue weighted by Gasteiger charge is -2.33. The number of halogens is 3. The molecule has 2 rings (SSSR count). The zero-order valence-electron chi connectivity index (χ0n) is 20.1. The number of sulfonamides is 1. The Labute approximate surface area is 216 Å². The van der Waals surface area contributed by atoms with Crippen LogP contribution in [0.25, 0.3) is 0 Å². The Morgan fingerprint density at radius 1 is 1.03 bits per heavy atom. The number of hydrogen-bond donors (Lipinski definition) is 1. The predicted molar refractivity (Wildman–Crippen MR) is 138 cm³/mol. The van der Waals surface area contributed by atoms with Crippen LogP contribution >= 0.6 is 23.2 Å². The maximum absolute atomic E-state index is 13.6. The predicted octanol–water partition coefficient (Wildman–Crippen LogP) is 4.62. The number of nitrogens with one attached hydrogen (secondary N) is 1. The fourth-order valence-electron chi connectivity index (χ4n) is 3.40. The van der Waals surface area contributed by atoms with Gasteiger partial charge in [0.2, 0.25) is 21.8 Å². The third-order valence-corrected chi connectivity index (χ3v) is 7.40. The lowest BCUT2D eigenvalue weighted by atomic mass is 10.1. The van der Waals surface area contributed by atoms with E-state index >= 15 is 0 Å². The Morgan fingerprint density at radius 2 is 1.66 bits per heavy atom. The molecule has 35 heavy (non-hydrogen) atoms. The van der Waals surface area contributed by atoms with Gasteiger partial charge >= 0.3 is 0 Å². The SMILES string of the molecule is CC[C@H](C)NC(=O)[C@H](CC)N(Cc1ccc(F)cc1)C(=O)CN(c1ccc(Cl)c(Cl)c1)S(C)(=O)=O. The van der Waals surface area contributed by atoms with Crippen LogP contribution < -0.4 is 9.62 Å². The third-order valence-electron chi connectivity index (χ3n) is 5.52. The lowest BCUT2D eigenvalue weighted by Crippen LogP contribution is -2.53. The van der Waals surface area contributed by atoms with Gasteiger partial charge in [0, 0.05) is 12.6 Å². The summed E-state index contributed by atoms with van der Waals surface area (Å²) >= 11 is 12.0. The highest BCUT2D eigenvalue weighted by Gasteiger charge is 2.32. The molecule has 0 radical (unpaired) electrons. The summed E-state index contributed by atoms with van der Waals surface area (Å²) in [4.78, 5) is 27.9. The zero-order valence-corrected chi connectivity index (χ0v) is 22.4. The summed E-state index contributed by atoms with van der Waals surface area (Å²) in [6.45, 7) is 4.97. The highest BCUT2D eigenvalue weighted by Crippen LogP contribution is 2.28. The van der Waals surface area contributed by atoms with Gasteiger partial charge in [0.05, 0.1) is 22.0 Å². The van der Waals surface area contributed by atoms with Gasteiger partial charge in [-0.2, -0.15) is 0 Å². The minimum Gasteiger partial charge on any atom is -0.352 e. The molecule has 11 heteroatoms. The summed E-state index contributed by atoms with van der Waals surface area (Å²) in [6, 6.07) is 8.82. The first kappa shape index (κ1) is 28.9. The van der Waals surface area contributed by atoms with E-state index < -0.39 is 34.3 Å². The van der Waals surface area contributed by atoms with Crippen molar-refractivity contribution < 1.29 is 22.4 Å². The van der Waals surface area contributed by atoms with Gasteiger partial charge in [-0.15, -0.1) is 0 Å². The molecule has 192 valence electrons. The van der Waals surface area contributed by atoms with Crippen LogP contribution in [0.3, 0.4) is 0 Å². The molecule has 2 amide bonds. The fraction of sp³-hybridized carbons (Fsp3) is 0.417. The molecule has 0 aliphatic rings. The molecule has 2 aromatic carbocycles. The summed E-state index contributed by atoms with van der Waals surface area (Å²) < 4.78 is 39.5. The average Bonchev–Trinajstić information content (AvgIpc) is 2.79. The Kier molecular flexibility index (Phi) is 10.4. The second kappa shape index (κ2) is 12.6. The molecule has 2 atom stereocenters. The van der Waals surface area contributed by atoms with Crippen LogP contribution in [0.2, 0.25) is 10.0 Å². The van der Waals surface area contributed by atoms with Crippen molar-refractivity contribution in [3.05, 3.63) is 63.9 Å². The van der Waals surface area contributed by atoms with Crippen LogP contribution in [0.5, 0.6) is 0 Å². The second-order valence-electron chi connectivity index (χ2n) is 8.26. The molecule has 0 aromatic heterocycles. The van der Waals surface area contributed by atoms with Crippen LogP contribution in [0.15, 0.2) is 42.5 Å². The molecule has 0 heterocycles. The van der Waals surface area contributed by atoms with E-state index in [-0.39, 0.29) is 34.2 Å². The van der Waals surface area contributed by atoms with Crippen molar-refractivity contribution in [2.75, 3.05) is 17.1 Å². The van der Waals surface area contributed by atoms with Crippen molar-refractivity contribution in [2.24, 2.45) is 0 Å². The van der Waals surface area contributed by atoms with Gasteiger partial charge in [0.1, 0.15) is 18.4 Å². The van der Waals surface area contributed by atoms with E-state index in [1.807, 2.05) is 13.8 Å². The maximum Gasteiger partial charge on any atom is 0.244 e. The van der Waals surface area contributed by atoms with Crippen LogP contribution in [-0.4, -0.2) is 50.0 Å². The van der Waals surface area contributed by atoms with Gasteiger partial charge in [-0.25, -0.2) is 12.8 Å². The van der Waals surface area contributed by atoms with E-state index in [4.69, 9.17) is 23.2 Å². The van der Waals surface area contributed by atoms with Crippen LogP contribution in [0.1, 0.15) is 39.2 Å². The maximum atomic E-state index is 13.6. The van der Waals surface area contributed by atoms with Crippen LogP contribution in [0.4, 0.5) is 10.1 Å². The Bertz CT molecular complexity index is 1150. The number of anilines is 1. The first-order chi connectivity index (χ1) is 16.4. The normalized spacial score (nSPS) is 13.1. The Morgan fingerprint density at radius 3 is 2.17 bits per heavy atom. The molecule has 7 nitrogen and oxygen atoms in total. The molecule has 0 spiro atoms. The molecule has 0 unspecified atom stereocenters. The quantitative estimate of drug-likeness (QED) is 0.446. The zero-order chi connectivity index (χ0) is 26.3. The molecule has 0 aliphatic carbocycles. The molecule has 2 aromatic rings. The first-order valence-corrected chi connectivity index (χ1v) is 13.7. The molecule has 1 N–H and O–H groups in total. The van der Waals surface area contributed by atoms with E-state index in [1.54, 1.807) is 6.92 Å². The molecule has 0 saturated heterocycles. The van der Waals surface area contributed by atoms with Crippen LogP contribution in [-0.2, 0) is 26.2 Å². The van der Waals surface area contributed by atoms with E-state index in [1.165, 1.54) is 47.4 Å². The van der Waals surface area contributed by atoms with E-state index in [0.717, 1.165) is 10.6 Å². The number of nitrogens with zero attached hydrogens (tertiary/aromatic N) is 2. The minimum atomic E-state index is -3.90. The standard InChI is InChI=1S/C24H30Cl2FN3O4S/c1-5-16(3)28-24(32)22(6-2)29(14-17-7-9-18(27)10-8-17)23(31)15-30(35(4,33)34)19-11-12-20(25)21(26)13-19/h7-13,16,22H,5-6,14-15H2,1-4H3,(H,28,32)/t16-,22-/m0/s1. The molecule has 0 saturated carbocycles. The van der Waals surface area contributed by atoms with Crippen LogP contribution in [0, 0.1) is 5.82 Å². The highest BCUT2D eigenvalue weighted by molar-refractivity contribution is 7.92. The number of hydrogen-bond acceptors (Lipinski definition) is 4. The molecule has 0 aliphatic heterocycles. The Hall–Kier alpha value is -2.36. The smallest absolute Gasteiger partial charge is 0.244 e. The van der Waals surface area contributed by atoms with E-state index in [9.17, 15) is 22.4 Å². The van der Waals surface area contributed by atoms with Gasteiger partial charge in [-0.1, -0.05) is 49.2 Å². The van der Waals surface area contributed by atoms with E-state index in [0.29, 0.717) is 18.4 Å². The van der Waals surface area contributed by atoms with Crippen molar-refractivity contribution in [1.29, 1.82) is 0 Å². The van der Waals surface area contributed by atoms with Gasteiger partial charge < -0.3 is 10.2 Å². The number of carbonyl (C=O) groups excluding carboxylic acids is 2. The monoisotopic (exact) mass is 545 g/mol. The largest absolute Gasteiger partial charge is 0.352 e. The van der Waals surface area contributed by atoms with Crippen molar-refractivity contribution in [3.8, 4) is 0 Å². The second-order valence-corrected chi connectivity index (χ2v) is 11.0. The van der Waals surface area contributed by atoms with Crippen molar-refractivity contribution in [3.63, 3.8) is 0 Å². The van der Waals surface area contributed by atoms with Crippen molar-refractivity contribution in [1.82, 2.24) is 10.2 Å². The highest BCUT2D eigenvalue weighted by atomic mass is 35.5. The summed E-state index contributed by atoms with van der Waals surface area (Å²) in [6.07, 6.45) is 1.97. The van der Waals surface area contributed by atoms with Gasteiger partial charge in [-0.05, 0) is 55.7 Å². The molecular weight excluding hydrogens is 516 g/mol. The summed E-state index contributed by atoms with van der Waals surface area (Å²) in [7, 11) is -3.90. The lowest BCUT2D eigenvalue weighted by molar-refractivity contribution is -0.140. The molecule has 0 fully saturated rings. The van der Waals surface area contributed by atoms with Crippen molar-refractivity contribution >= 4 is 50.7 Å². The summed E-state index contributed by atoms with van der Waals surface area (Å²) in [5.41, 5.74) is 0.754. The first-order valence-electron chi connectivity index (χ1n) is 11.1. The van der Waals surface area contributed by atoms with Gasteiger partial charge in [0.15, 0.2) is 0 Å². The third kappa shape index (κ3) is 8.08. The summed E-state index contributed by atoms with van der Waals surface area (Å²) in [5, 5.41) is 3.25. The Balaban J connectivity index is 2.45. The van der Waals surface area contributed by atoms with E-state index in [2.05, 4.69) is 5.32 Å². The van der Waals surface area contributed by atoms with Gasteiger partial charge in [0.25, 0.3) is 0 Å². The average molecular weight is 546 g/mol. The minimum absolute atomic E-state index is 0.00940. The molecule has 0 bridgehead atoms. The summed E-state index contributed by atoms with van der Waals surface area (Å²) in [5.74, 6) is -1.38. The van der Waals surface area contributed by atoms with Gasteiger partial charge in [-0.3, -0.25) is 13.9 Å².